The molecule has 0 saturated carbocycles. The van der Waals surface area contributed by atoms with Crippen LogP contribution in [0.15, 0.2) is 48.6 Å². The van der Waals surface area contributed by atoms with Crippen LogP contribution >= 0.6 is 0 Å². The molecule has 0 amide bonds. The Hall–Kier alpha value is -2.63. The summed E-state index contributed by atoms with van der Waals surface area (Å²) >= 11 is 0. The van der Waals surface area contributed by atoms with Crippen LogP contribution in [0.25, 0.3) is 0 Å². The molecule has 0 aliphatic rings. The zero-order chi connectivity index (χ0) is 45.1. The quantitative estimate of drug-likeness (QED) is 0.0262. The molecular weight excluding hydrogens is 769 g/mol. The Morgan fingerprint density at radius 1 is 0.323 bits per heavy atom. The Kier molecular flexibility index (Phi) is 48.8. The lowest BCUT2D eigenvalue weighted by atomic mass is 10.0. The summed E-state index contributed by atoms with van der Waals surface area (Å²) in [7, 11) is 0. The average Bonchev–Trinajstić information content (AvgIpc) is 3.27. The van der Waals surface area contributed by atoms with Crippen molar-refractivity contribution in [2.45, 2.75) is 277 Å². The van der Waals surface area contributed by atoms with Crippen molar-refractivity contribution in [1.29, 1.82) is 0 Å². The molecule has 0 rings (SSSR count). The average molecular weight is 869 g/mol. The van der Waals surface area contributed by atoms with Gasteiger partial charge in [-0.05, 0) is 77.0 Å². The lowest BCUT2D eigenvalue weighted by Crippen LogP contribution is -2.30. The summed E-state index contributed by atoms with van der Waals surface area (Å²) in [4.78, 5) is 38.0. The van der Waals surface area contributed by atoms with Crippen molar-refractivity contribution in [3.63, 3.8) is 0 Å². The summed E-state index contributed by atoms with van der Waals surface area (Å²) in [6.07, 6.45) is 61.0. The molecule has 6 nitrogen and oxygen atoms in total. The molecule has 0 heterocycles. The van der Waals surface area contributed by atoms with Crippen LogP contribution in [0.3, 0.4) is 0 Å². The Morgan fingerprint density at radius 2 is 0.597 bits per heavy atom. The van der Waals surface area contributed by atoms with Crippen molar-refractivity contribution in [3.8, 4) is 0 Å². The number of allylic oxidation sites excluding steroid dienone is 8. The van der Waals surface area contributed by atoms with Gasteiger partial charge in [0.2, 0.25) is 0 Å². The van der Waals surface area contributed by atoms with Crippen LogP contribution in [0.2, 0.25) is 0 Å². The molecule has 0 fully saturated rings. The lowest BCUT2D eigenvalue weighted by Gasteiger charge is -2.18. The molecule has 1 atom stereocenters. The normalized spacial score (nSPS) is 12.4. The molecule has 0 bridgehead atoms. The molecule has 62 heavy (non-hydrogen) atoms. The maximum Gasteiger partial charge on any atom is 0.306 e. The van der Waals surface area contributed by atoms with Gasteiger partial charge in [-0.1, -0.05) is 223 Å². The number of esters is 3. The third-order valence-electron chi connectivity index (χ3n) is 11.6. The fourth-order valence-corrected chi connectivity index (χ4v) is 7.51. The highest BCUT2D eigenvalue weighted by Crippen LogP contribution is 2.15. The van der Waals surface area contributed by atoms with Gasteiger partial charge in [0.05, 0.1) is 0 Å². The molecular formula is C56H100O6. The van der Waals surface area contributed by atoms with E-state index >= 15 is 0 Å². The topological polar surface area (TPSA) is 78.9 Å². The Balaban J connectivity index is 4.45. The van der Waals surface area contributed by atoms with Crippen LogP contribution in [0.1, 0.15) is 271 Å². The second kappa shape index (κ2) is 51.0. The van der Waals surface area contributed by atoms with Crippen molar-refractivity contribution in [1.82, 2.24) is 0 Å². The minimum absolute atomic E-state index is 0.0933. The number of rotatable bonds is 48. The van der Waals surface area contributed by atoms with E-state index in [1.54, 1.807) is 0 Å². The van der Waals surface area contributed by atoms with Crippen molar-refractivity contribution < 1.29 is 28.6 Å². The molecule has 0 aromatic heterocycles. The first-order valence-electron chi connectivity index (χ1n) is 26.6. The van der Waals surface area contributed by atoms with Gasteiger partial charge in [0, 0.05) is 19.3 Å². The molecule has 360 valence electrons. The van der Waals surface area contributed by atoms with Gasteiger partial charge in [0.1, 0.15) is 13.2 Å². The van der Waals surface area contributed by atoms with Gasteiger partial charge >= 0.3 is 17.9 Å². The van der Waals surface area contributed by atoms with E-state index in [9.17, 15) is 14.4 Å². The number of unbranched alkanes of at least 4 members (excludes halogenated alkanes) is 29. The van der Waals surface area contributed by atoms with E-state index in [4.69, 9.17) is 14.2 Å². The van der Waals surface area contributed by atoms with Gasteiger partial charge in [-0.2, -0.15) is 0 Å². The summed E-state index contributed by atoms with van der Waals surface area (Å²) in [6.45, 7) is 6.59. The largest absolute Gasteiger partial charge is 0.462 e. The fourth-order valence-electron chi connectivity index (χ4n) is 7.51. The van der Waals surface area contributed by atoms with Crippen LogP contribution in [-0.4, -0.2) is 37.2 Å². The molecule has 0 radical (unpaired) electrons. The highest BCUT2D eigenvalue weighted by molar-refractivity contribution is 5.71. The number of carbonyl (C=O) groups excluding carboxylic acids is 3. The predicted octanol–water partition coefficient (Wildman–Crippen LogP) is 17.5. The molecule has 0 aromatic rings. The standard InChI is InChI=1S/C56H100O6/c1-4-7-10-13-16-19-22-25-27-28-30-32-35-38-41-44-47-50-56(59)62-53(51-60-54(57)48-45-42-39-36-33-24-21-18-15-12-9-6-3)52-61-55(58)49-46-43-40-37-34-31-29-26-23-20-17-14-11-8-5-2/h25-27,29-30,32,38,41,53H,4-24,28,31,33-37,39-40,42-52H2,1-3H3/b27-25-,29-26-,32-30-,41-38-/t53-/m0/s1. The van der Waals surface area contributed by atoms with E-state index in [1.807, 2.05) is 0 Å². The van der Waals surface area contributed by atoms with Gasteiger partial charge in [-0.3, -0.25) is 14.4 Å². The second-order valence-corrected chi connectivity index (χ2v) is 17.8. The minimum Gasteiger partial charge on any atom is -0.462 e. The summed E-state index contributed by atoms with van der Waals surface area (Å²) in [6, 6.07) is 0. The SMILES string of the molecule is CCCCCCCC/C=C\C/C=C\C/C=C\CCCC(=O)O[C@H](COC(=O)CCCCCCC/C=C\CCCCCCCC)COC(=O)CCCCCCCCCCCCCC. The zero-order valence-corrected chi connectivity index (χ0v) is 41.1. The fraction of sp³-hybridized carbons (Fsp3) is 0.804. The van der Waals surface area contributed by atoms with E-state index in [0.717, 1.165) is 64.2 Å². The molecule has 0 saturated heterocycles. The van der Waals surface area contributed by atoms with Gasteiger partial charge in [0.15, 0.2) is 6.10 Å². The molecule has 6 heteroatoms. The molecule has 0 spiro atoms. The Morgan fingerprint density at radius 3 is 0.968 bits per heavy atom. The summed E-state index contributed by atoms with van der Waals surface area (Å²) in [5, 5.41) is 0. The van der Waals surface area contributed by atoms with Crippen LogP contribution in [0.4, 0.5) is 0 Å². The maximum absolute atomic E-state index is 12.8. The molecule has 0 aliphatic heterocycles. The first-order chi connectivity index (χ1) is 30.5. The summed E-state index contributed by atoms with van der Waals surface area (Å²) in [5.74, 6) is -0.947. The smallest absolute Gasteiger partial charge is 0.306 e. The number of hydrogen-bond donors (Lipinski definition) is 0. The van der Waals surface area contributed by atoms with Gasteiger partial charge in [0.25, 0.3) is 0 Å². The first-order valence-corrected chi connectivity index (χ1v) is 26.6. The molecule has 0 unspecified atom stereocenters. The third kappa shape index (κ3) is 48.4. The highest BCUT2D eigenvalue weighted by atomic mass is 16.6. The Labute approximate surface area is 384 Å². The van der Waals surface area contributed by atoms with E-state index in [2.05, 4.69) is 69.4 Å². The van der Waals surface area contributed by atoms with Crippen molar-refractivity contribution in [3.05, 3.63) is 48.6 Å². The zero-order valence-electron chi connectivity index (χ0n) is 41.1. The number of hydrogen-bond acceptors (Lipinski definition) is 6. The monoisotopic (exact) mass is 869 g/mol. The van der Waals surface area contributed by atoms with E-state index < -0.39 is 6.10 Å². The second-order valence-electron chi connectivity index (χ2n) is 17.8. The summed E-state index contributed by atoms with van der Waals surface area (Å²) in [5.41, 5.74) is 0. The first kappa shape index (κ1) is 59.4. The van der Waals surface area contributed by atoms with E-state index in [1.165, 1.54) is 161 Å². The van der Waals surface area contributed by atoms with Crippen molar-refractivity contribution in [2.75, 3.05) is 13.2 Å². The maximum atomic E-state index is 12.8. The van der Waals surface area contributed by atoms with E-state index in [0.29, 0.717) is 19.3 Å². The van der Waals surface area contributed by atoms with Crippen LogP contribution in [0.5, 0.6) is 0 Å². The lowest BCUT2D eigenvalue weighted by molar-refractivity contribution is -0.167. The highest BCUT2D eigenvalue weighted by Gasteiger charge is 2.19. The molecule has 0 aliphatic carbocycles. The van der Waals surface area contributed by atoms with Crippen LogP contribution in [0, 0.1) is 0 Å². The number of carbonyl (C=O) groups is 3. The number of ether oxygens (including phenoxy) is 3. The van der Waals surface area contributed by atoms with Crippen LogP contribution in [-0.2, 0) is 28.6 Å². The minimum atomic E-state index is -0.799. The van der Waals surface area contributed by atoms with E-state index in [-0.39, 0.29) is 37.5 Å². The molecule has 0 N–H and O–H groups in total. The van der Waals surface area contributed by atoms with Crippen molar-refractivity contribution in [2.24, 2.45) is 0 Å². The summed E-state index contributed by atoms with van der Waals surface area (Å²) < 4.78 is 16.8. The third-order valence-corrected chi connectivity index (χ3v) is 11.6. The van der Waals surface area contributed by atoms with Crippen LogP contribution < -0.4 is 0 Å². The molecule has 0 aromatic carbocycles. The van der Waals surface area contributed by atoms with Crippen molar-refractivity contribution >= 4 is 17.9 Å². The van der Waals surface area contributed by atoms with Gasteiger partial charge in [-0.15, -0.1) is 0 Å². The van der Waals surface area contributed by atoms with Gasteiger partial charge in [-0.25, -0.2) is 0 Å². The predicted molar refractivity (Wildman–Crippen MR) is 265 cm³/mol. The van der Waals surface area contributed by atoms with Gasteiger partial charge < -0.3 is 14.2 Å². The Bertz CT molecular complexity index is 1090.